The van der Waals surface area contributed by atoms with Crippen LogP contribution in [0.1, 0.15) is 23.6 Å². The summed E-state index contributed by atoms with van der Waals surface area (Å²) in [5.74, 6) is -0.197. The molecule has 1 unspecified atom stereocenters. The van der Waals surface area contributed by atoms with E-state index in [9.17, 15) is 4.39 Å². The molecule has 0 fully saturated rings. The van der Waals surface area contributed by atoms with E-state index in [0.29, 0.717) is 5.56 Å². The highest BCUT2D eigenvalue weighted by atomic mass is 19.1. The minimum absolute atomic E-state index is 0.197. The second kappa shape index (κ2) is 4.30. The molecule has 0 bridgehead atoms. The number of hydrogen-bond acceptors (Lipinski definition) is 1. The molecule has 1 nitrogen and oxygen atoms in total. The molecule has 0 saturated carbocycles. The van der Waals surface area contributed by atoms with Crippen molar-refractivity contribution in [1.82, 2.24) is 0 Å². The number of benzene rings is 2. The van der Waals surface area contributed by atoms with Gasteiger partial charge in [0.1, 0.15) is 5.82 Å². The molecule has 0 amide bonds. The summed E-state index contributed by atoms with van der Waals surface area (Å²) in [4.78, 5) is 0. The maximum absolute atomic E-state index is 13.2. The van der Waals surface area contributed by atoms with E-state index in [0.717, 1.165) is 11.1 Å². The van der Waals surface area contributed by atoms with E-state index in [1.54, 1.807) is 13.0 Å². The van der Waals surface area contributed by atoms with Crippen LogP contribution in [0.5, 0.6) is 0 Å². The second-order valence-corrected chi connectivity index (χ2v) is 4.53. The summed E-state index contributed by atoms with van der Waals surface area (Å²) in [6.45, 7) is 3.69. The van der Waals surface area contributed by atoms with Crippen molar-refractivity contribution in [3.05, 3.63) is 71.0 Å². The van der Waals surface area contributed by atoms with Crippen LogP contribution < -0.4 is 5.73 Å². The molecule has 0 saturated heterocycles. The Morgan fingerprint density at radius 1 is 1.00 bits per heavy atom. The minimum atomic E-state index is -0.597. The van der Waals surface area contributed by atoms with E-state index in [-0.39, 0.29) is 5.82 Å². The Bertz CT molecular complexity index is 518. The van der Waals surface area contributed by atoms with Gasteiger partial charge in [0.15, 0.2) is 0 Å². The third kappa shape index (κ3) is 2.22. The fraction of sp³-hybridized carbons (Fsp3) is 0.200. The van der Waals surface area contributed by atoms with Gasteiger partial charge in [-0.15, -0.1) is 0 Å². The summed E-state index contributed by atoms with van der Waals surface area (Å²) in [5.41, 5.74) is 8.32. The number of nitrogens with two attached hydrogens (primary N) is 1. The summed E-state index contributed by atoms with van der Waals surface area (Å²) in [6, 6.07) is 14.9. The van der Waals surface area contributed by atoms with Crippen molar-refractivity contribution in [2.75, 3.05) is 0 Å². The molecule has 2 aromatic carbocycles. The third-order valence-corrected chi connectivity index (χ3v) is 3.13. The first kappa shape index (κ1) is 11.8. The quantitative estimate of drug-likeness (QED) is 0.839. The van der Waals surface area contributed by atoms with Gasteiger partial charge in [0.05, 0.1) is 5.54 Å². The Morgan fingerprint density at radius 3 is 2.24 bits per heavy atom. The molecule has 2 rings (SSSR count). The molecule has 0 radical (unpaired) electrons. The molecule has 1 atom stereocenters. The van der Waals surface area contributed by atoms with E-state index in [1.165, 1.54) is 6.07 Å². The summed E-state index contributed by atoms with van der Waals surface area (Å²) < 4.78 is 13.2. The first-order chi connectivity index (χ1) is 8.01. The van der Waals surface area contributed by atoms with Gasteiger partial charge in [-0.25, -0.2) is 4.39 Å². The predicted octanol–water partition coefficient (Wildman–Crippen LogP) is 3.36. The van der Waals surface area contributed by atoms with Gasteiger partial charge >= 0.3 is 0 Å². The molecule has 0 aliphatic carbocycles. The third-order valence-electron chi connectivity index (χ3n) is 3.13. The van der Waals surface area contributed by atoms with Crippen molar-refractivity contribution in [2.45, 2.75) is 19.4 Å². The summed E-state index contributed by atoms with van der Waals surface area (Å²) >= 11 is 0. The molecule has 2 aromatic rings. The number of rotatable bonds is 2. The molecule has 0 aromatic heterocycles. The van der Waals surface area contributed by atoms with E-state index in [4.69, 9.17) is 5.73 Å². The molecule has 88 valence electrons. The molecule has 0 aliphatic rings. The lowest BCUT2D eigenvalue weighted by Crippen LogP contribution is -2.34. The summed E-state index contributed by atoms with van der Waals surface area (Å²) in [5, 5.41) is 0. The Morgan fingerprint density at radius 2 is 1.65 bits per heavy atom. The van der Waals surface area contributed by atoms with Gasteiger partial charge in [0.25, 0.3) is 0 Å². The summed E-state index contributed by atoms with van der Waals surface area (Å²) in [6.07, 6.45) is 0. The van der Waals surface area contributed by atoms with Crippen LogP contribution in [-0.2, 0) is 5.54 Å². The maximum atomic E-state index is 13.2. The average molecular weight is 229 g/mol. The van der Waals surface area contributed by atoms with Crippen LogP contribution in [0.15, 0.2) is 48.5 Å². The van der Waals surface area contributed by atoms with E-state index < -0.39 is 5.54 Å². The van der Waals surface area contributed by atoms with Crippen molar-refractivity contribution < 1.29 is 4.39 Å². The van der Waals surface area contributed by atoms with E-state index in [2.05, 4.69) is 0 Å². The van der Waals surface area contributed by atoms with Crippen molar-refractivity contribution in [3.8, 4) is 0 Å². The fourth-order valence-electron chi connectivity index (χ4n) is 1.92. The number of aryl methyl sites for hydroxylation is 1. The monoisotopic (exact) mass is 229 g/mol. The van der Waals surface area contributed by atoms with Crippen molar-refractivity contribution >= 4 is 0 Å². The molecule has 2 heteroatoms. The standard InChI is InChI=1S/C15H16FN/c1-11-10-13(8-9-14(11)16)15(2,17)12-6-4-3-5-7-12/h3-10H,17H2,1-2H3. The number of hydrogen-bond donors (Lipinski definition) is 1. The molecule has 0 heterocycles. The van der Waals surface area contributed by atoms with Crippen LogP contribution >= 0.6 is 0 Å². The Hall–Kier alpha value is -1.67. The summed E-state index contributed by atoms with van der Waals surface area (Å²) in [7, 11) is 0. The Kier molecular flexibility index (Phi) is 2.99. The van der Waals surface area contributed by atoms with Gasteiger partial charge in [-0.05, 0) is 36.6 Å². The van der Waals surface area contributed by atoms with Crippen LogP contribution in [0.3, 0.4) is 0 Å². The van der Waals surface area contributed by atoms with Crippen LogP contribution in [0, 0.1) is 12.7 Å². The second-order valence-electron chi connectivity index (χ2n) is 4.53. The van der Waals surface area contributed by atoms with Gasteiger partial charge < -0.3 is 5.73 Å². The predicted molar refractivity (Wildman–Crippen MR) is 68.2 cm³/mol. The SMILES string of the molecule is Cc1cc(C(C)(N)c2ccccc2)ccc1F. The zero-order chi connectivity index (χ0) is 12.5. The average Bonchev–Trinajstić information content (AvgIpc) is 2.33. The van der Waals surface area contributed by atoms with Crippen LogP contribution in [0.2, 0.25) is 0 Å². The van der Waals surface area contributed by atoms with Gasteiger partial charge in [0.2, 0.25) is 0 Å². The molecular formula is C15H16FN. The van der Waals surface area contributed by atoms with Crippen molar-refractivity contribution in [2.24, 2.45) is 5.73 Å². The lowest BCUT2D eigenvalue weighted by Gasteiger charge is -2.26. The maximum Gasteiger partial charge on any atom is 0.126 e. The van der Waals surface area contributed by atoms with Crippen LogP contribution in [0.25, 0.3) is 0 Å². The topological polar surface area (TPSA) is 26.0 Å². The highest BCUT2D eigenvalue weighted by Crippen LogP contribution is 2.27. The Labute approximate surface area is 101 Å². The van der Waals surface area contributed by atoms with Crippen LogP contribution in [0.4, 0.5) is 4.39 Å². The minimum Gasteiger partial charge on any atom is -0.318 e. The van der Waals surface area contributed by atoms with Crippen LogP contribution in [-0.4, -0.2) is 0 Å². The number of halogens is 1. The van der Waals surface area contributed by atoms with Gasteiger partial charge in [-0.3, -0.25) is 0 Å². The molecule has 2 N–H and O–H groups in total. The van der Waals surface area contributed by atoms with Gasteiger partial charge in [-0.1, -0.05) is 42.5 Å². The molecule has 17 heavy (non-hydrogen) atoms. The fourth-order valence-corrected chi connectivity index (χ4v) is 1.92. The highest BCUT2D eigenvalue weighted by Gasteiger charge is 2.23. The first-order valence-corrected chi connectivity index (χ1v) is 5.63. The normalized spacial score (nSPS) is 14.4. The zero-order valence-electron chi connectivity index (χ0n) is 10.1. The highest BCUT2D eigenvalue weighted by molar-refractivity contribution is 5.38. The largest absolute Gasteiger partial charge is 0.318 e. The van der Waals surface area contributed by atoms with E-state index >= 15 is 0 Å². The lowest BCUT2D eigenvalue weighted by atomic mass is 9.85. The first-order valence-electron chi connectivity index (χ1n) is 5.63. The molecular weight excluding hydrogens is 213 g/mol. The van der Waals surface area contributed by atoms with Crippen molar-refractivity contribution in [3.63, 3.8) is 0 Å². The molecule has 0 aliphatic heterocycles. The van der Waals surface area contributed by atoms with Crippen molar-refractivity contribution in [1.29, 1.82) is 0 Å². The van der Waals surface area contributed by atoms with Gasteiger partial charge in [0, 0.05) is 0 Å². The zero-order valence-corrected chi connectivity index (χ0v) is 10.1. The smallest absolute Gasteiger partial charge is 0.126 e. The molecule has 0 spiro atoms. The lowest BCUT2D eigenvalue weighted by molar-refractivity contribution is 0.589. The van der Waals surface area contributed by atoms with Gasteiger partial charge in [-0.2, -0.15) is 0 Å². The van der Waals surface area contributed by atoms with E-state index in [1.807, 2.05) is 43.3 Å². The Balaban J connectivity index is 2.48.